The summed E-state index contributed by atoms with van der Waals surface area (Å²) in [5, 5.41) is 14.5. The van der Waals surface area contributed by atoms with Crippen molar-refractivity contribution in [2.45, 2.75) is 50.5 Å². The molecule has 0 atom stereocenters. The Hall–Kier alpha value is -1.52. The molecule has 0 radical (unpaired) electrons. The molecule has 0 aromatic heterocycles. The molecule has 1 aliphatic rings. The minimum absolute atomic E-state index is 0.00186. The maximum Gasteiger partial charge on any atom is 0.315 e. The summed E-state index contributed by atoms with van der Waals surface area (Å²) in [5.74, 6) is -0.858. The summed E-state index contributed by atoms with van der Waals surface area (Å²) in [4.78, 5) is 22.7. The van der Waals surface area contributed by atoms with E-state index in [1.54, 1.807) is 6.08 Å². The Morgan fingerprint density at radius 3 is 2.50 bits per heavy atom. The minimum Gasteiger partial charge on any atom is -0.481 e. The van der Waals surface area contributed by atoms with Crippen molar-refractivity contribution in [3.05, 3.63) is 12.7 Å². The molecule has 0 heterocycles. The molecule has 1 rings (SSSR count). The fourth-order valence-electron chi connectivity index (χ4n) is 2.44. The van der Waals surface area contributed by atoms with E-state index < -0.39 is 11.5 Å². The van der Waals surface area contributed by atoms with E-state index >= 15 is 0 Å². The molecule has 5 heteroatoms. The van der Waals surface area contributed by atoms with Crippen LogP contribution in [0.2, 0.25) is 0 Å². The molecule has 1 saturated carbocycles. The van der Waals surface area contributed by atoms with Gasteiger partial charge in [0.05, 0.1) is 12.0 Å². The van der Waals surface area contributed by atoms with Gasteiger partial charge in [0, 0.05) is 6.54 Å². The van der Waals surface area contributed by atoms with Gasteiger partial charge in [-0.05, 0) is 19.3 Å². The van der Waals surface area contributed by atoms with Crippen LogP contribution in [0.4, 0.5) is 4.79 Å². The van der Waals surface area contributed by atoms with E-state index in [0.29, 0.717) is 13.0 Å². The number of amides is 2. The van der Waals surface area contributed by atoms with Crippen LogP contribution in [0.15, 0.2) is 12.7 Å². The Morgan fingerprint density at radius 2 is 1.94 bits per heavy atom. The highest BCUT2D eigenvalue weighted by Crippen LogP contribution is 2.31. The van der Waals surface area contributed by atoms with Gasteiger partial charge in [0.15, 0.2) is 0 Å². The van der Waals surface area contributed by atoms with Gasteiger partial charge in [-0.1, -0.05) is 25.3 Å². The summed E-state index contributed by atoms with van der Waals surface area (Å²) < 4.78 is 0. The molecule has 0 spiro atoms. The third kappa shape index (κ3) is 4.77. The number of carbonyl (C=O) groups excluding carboxylic acids is 1. The highest BCUT2D eigenvalue weighted by Gasteiger charge is 2.35. The first-order chi connectivity index (χ1) is 8.58. The van der Waals surface area contributed by atoms with E-state index in [1.165, 1.54) is 0 Å². The normalized spacial score (nSPS) is 17.8. The van der Waals surface area contributed by atoms with E-state index in [4.69, 9.17) is 5.11 Å². The second-order valence-corrected chi connectivity index (χ2v) is 4.87. The van der Waals surface area contributed by atoms with Gasteiger partial charge in [-0.3, -0.25) is 4.79 Å². The Balaban J connectivity index is 2.52. The first kappa shape index (κ1) is 14.5. The quantitative estimate of drug-likeness (QED) is 0.501. The van der Waals surface area contributed by atoms with Crippen LogP contribution in [-0.2, 0) is 4.79 Å². The van der Waals surface area contributed by atoms with Gasteiger partial charge in [-0.15, -0.1) is 6.58 Å². The molecule has 102 valence electrons. The number of urea groups is 1. The molecule has 0 aromatic carbocycles. The number of carboxylic acid groups (broad SMARTS) is 1. The topological polar surface area (TPSA) is 78.4 Å². The first-order valence-corrected chi connectivity index (χ1v) is 6.47. The highest BCUT2D eigenvalue weighted by atomic mass is 16.4. The van der Waals surface area contributed by atoms with Crippen molar-refractivity contribution in [3.63, 3.8) is 0 Å². The lowest BCUT2D eigenvalue weighted by molar-refractivity contribution is -0.139. The highest BCUT2D eigenvalue weighted by molar-refractivity contribution is 5.76. The van der Waals surface area contributed by atoms with Gasteiger partial charge < -0.3 is 15.7 Å². The lowest BCUT2D eigenvalue weighted by Crippen LogP contribution is -2.54. The van der Waals surface area contributed by atoms with Gasteiger partial charge in [-0.2, -0.15) is 0 Å². The third-order valence-electron chi connectivity index (χ3n) is 3.31. The number of carbonyl (C=O) groups is 2. The van der Waals surface area contributed by atoms with Crippen LogP contribution >= 0.6 is 0 Å². The van der Waals surface area contributed by atoms with Crippen LogP contribution in [-0.4, -0.2) is 29.2 Å². The Bertz CT molecular complexity index is 309. The molecule has 0 saturated heterocycles. The standard InChI is InChI=1S/C13H22N2O3/c1-2-3-9-14-12(18)15-13(10-11(16)17)7-5-4-6-8-13/h2H,1,3-10H2,(H,16,17)(H2,14,15,18). The Labute approximate surface area is 108 Å². The average Bonchev–Trinajstić information content (AvgIpc) is 2.29. The van der Waals surface area contributed by atoms with Crippen LogP contribution in [0.25, 0.3) is 0 Å². The molecule has 2 amide bonds. The van der Waals surface area contributed by atoms with Gasteiger partial charge in [0.1, 0.15) is 0 Å². The summed E-state index contributed by atoms with van der Waals surface area (Å²) >= 11 is 0. The average molecular weight is 254 g/mol. The van der Waals surface area contributed by atoms with Crippen LogP contribution < -0.4 is 10.6 Å². The Kier molecular flexibility index (Phi) is 5.68. The second-order valence-electron chi connectivity index (χ2n) is 4.87. The lowest BCUT2D eigenvalue weighted by atomic mass is 9.79. The maximum absolute atomic E-state index is 11.7. The lowest BCUT2D eigenvalue weighted by Gasteiger charge is -2.36. The van der Waals surface area contributed by atoms with E-state index in [0.717, 1.165) is 32.1 Å². The zero-order valence-corrected chi connectivity index (χ0v) is 10.7. The number of nitrogens with one attached hydrogen (secondary N) is 2. The van der Waals surface area contributed by atoms with Crippen LogP contribution in [0.1, 0.15) is 44.9 Å². The summed E-state index contributed by atoms with van der Waals surface area (Å²) in [7, 11) is 0. The summed E-state index contributed by atoms with van der Waals surface area (Å²) in [5.41, 5.74) is -0.567. The van der Waals surface area contributed by atoms with Crippen LogP contribution in [0.5, 0.6) is 0 Å². The van der Waals surface area contributed by atoms with E-state index in [1.807, 2.05) is 0 Å². The molecule has 3 N–H and O–H groups in total. The van der Waals surface area contributed by atoms with Crippen LogP contribution in [0.3, 0.4) is 0 Å². The number of carboxylic acids is 1. The molecule has 1 aliphatic carbocycles. The van der Waals surface area contributed by atoms with Crippen LogP contribution in [0, 0.1) is 0 Å². The predicted octanol–water partition coefficient (Wildman–Crippen LogP) is 2.04. The largest absolute Gasteiger partial charge is 0.481 e. The second kappa shape index (κ2) is 7.03. The van der Waals surface area contributed by atoms with E-state index in [-0.39, 0.29) is 12.5 Å². The number of aliphatic carboxylic acids is 1. The van der Waals surface area contributed by atoms with Gasteiger partial charge >= 0.3 is 12.0 Å². The molecular weight excluding hydrogens is 232 g/mol. The zero-order chi connectivity index (χ0) is 13.4. The SMILES string of the molecule is C=CCCNC(=O)NC1(CC(=O)O)CCCCC1. The fraction of sp³-hybridized carbons (Fsp3) is 0.692. The van der Waals surface area contributed by atoms with Crippen molar-refractivity contribution < 1.29 is 14.7 Å². The van der Waals surface area contributed by atoms with E-state index in [9.17, 15) is 9.59 Å². The van der Waals surface area contributed by atoms with Gasteiger partial charge in [0.25, 0.3) is 0 Å². The molecule has 18 heavy (non-hydrogen) atoms. The van der Waals surface area contributed by atoms with Gasteiger partial charge in [-0.25, -0.2) is 4.79 Å². The monoisotopic (exact) mass is 254 g/mol. The number of hydrogen-bond donors (Lipinski definition) is 3. The Morgan fingerprint density at radius 1 is 1.28 bits per heavy atom. The van der Waals surface area contributed by atoms with Crippen molar-refractivity contribution in [1.29, 1.82) is 0 Å². The van der Waals surface area contributed by atoms with Crippen molar-refractivity contribution >= 4 is 12.0 Å². The molecule has 0 unspecified atom stereocenters. The predicted molar refractivity (Wildman–Crippen MR) is 69.4 cm³/mol. The summed E-state index contributed by atoms with van der Waals surface area (Å²) in [6.07, 6.45) is 6.99. The molecule has 0 bridgehead atoms. The van der Waals surface area contributed by atoms with E-state index in [2.05, 4.69) is 17.2 Å². The first-order valence-electron chi connectivity index (χ1n) is 6.47. The van der Waals surface area contributed by atoms with Crippen molar-refractivity contribution in [1.82, 2.24) is 10.6 Å². The molecule has 1 fully saturated rings. The zero-order valence-electron chi connectivity index (χ0n) is 10.7. The maximum atomic E-state index is 11.7. The summed E-state index contributed by atoms with van der Waals surface area (Å²) in [6, 6.07) is -0.278. The fourth-order valence-corrected chi connectivity index (χ4v) is 2.44. The third-order valence-corrected chi connectivity index (χ3v) is 3.31. The van der Waals surface area contributed by atoms with Gasteiger partial charge in [0.2, 0.25) is 0 Å². The molecule has 0 aromatic rings. The molecule has 5 nitrogen and oxygen atoms in total. The number of hydrogen-bond acceptors (Lipinski definition) is 2. The van der Waals surface area contributed by atoms with Crippen molar-refractivity contribution in [2.24, 2.45) is 0 Å². The van der Waals surface area contributed by atoms with Crippen molar-refractivity contribution in [3.8, 4) is 0 Å². The molecular formula is C13H22N2O3. The smallest absolute Gasteiger partial charge is 0.315 e. The summed E-state index contributed by atoms with van der Waals surface area (Å²) in [6.45, 7) is 4.10. The molecule has 0 aliphatic heterocycles. The number of rotatable bonds is 6. The minimum atomic E-state index is -0.858. The van der Waals surface area contributed by atoms with Crippen molar-refractivity contribution in [2.75, 3.05) is 6.54 Å².